The van der Waals surface area contributed by atoms with Crippen LogP contribution >= 0.6 is 0 Å². The first-order valence-electron chi connectivity index (χ1n) is 6.52. The van der Waals surface area contributed by atoms with Crippen LogP contribution in [-0.4, -0.2) is 20.3 Å². The third kappa shape index (κ3) is 1.53. The number of phenols is 3. The van der Waals surface area contributed by atoms with E-state index in [0.717, 1.165) is 16.2 Å². The fraction of sp³-hybridized carbons (Fsp3) is 0. The fourth-order valence-corrected chi connectivity index (χ4v) is 2.73. The molecule has 4 heteroatoms. The van der Waals surface area contributed by atoms with Crippen LogP contribution in [0.4, 0.5) is 0 Å². The van der Waals surface area contributed by atoms with Gasteiger partial charge in [0.15, 0.2) is 11.5 Å². The second-order valence-corrected chi connectivity index (χ2v) is 4.98. The van der Waals surface area contributed by atoms with Crippen LogP contribution in [0.3, 0.4) is 0 Å². The number of aromatic hydroxyl groups is 3. The molecule has 0 aliphatic carbocycles. The summed E-state index contributed by atoms with van der Waals surface area (Å²) in [6.45, 7) is 0. The molecule has 0 spiro atoms. The van der Waals surface area contributed by atoms with Gasteiger partial charge in [0, 0.05) is 16.2 Å². The number of phenolic OH excluding ortho intramolecular Hbond substituents is 3. The summed E-state index contributed by atoms with van der Waals surface area (Å²) in [5.41, 5.74) is 0.676. The summed E-state index contributed by atoms with van der Waals surface area (Å²) in [5.74, 6) is -0.421. The zero-order chi connectivity index (χ0) is 14.6. The summed E-state index contributed by atoms with van der Waals surface area (Å²) < 4.78 is 0. The van der Waals surface area contributed by atoms with E-state index in [1.165, 1.54) is 0 Å². The summed E-state index contributed by atoms with van der Waals surface area (Å²) in [6, 6.07) is 14.3. The first kappa shape index (κ1) is 11.8. The van der Waals surface area contributed by atoms with Crippen molar-refractivity contribution in [2.45, 2.75) is 0 Å². The molecule has 0 saturated carbocycles. The number of rotatable bonds is 0. The van der Waals surface area contributed by atoms with Crippen molar-refractivity contribution in [3.05, 3.63) is 48.5 Å². The molecule has 4 rings (SSSR count). The smallest absolute Gasteiger partial charge is 0.185 e. The maximum Gasteiger partial charge on any atom is 0.185 e. The summed E-state index contributed by atoms with van der Waals surface area (Å²) in [6.07, 6.45) is 0. The Morgan fingerprint density at radius 1 is 0.667 bits per heavy atom. The lowest BCUT2D eigenvalue weighted by molar-refractivity contribution is 0.412. The minimum Gasteiger partial charge on any atom is -0.506 e. The molecule has 0 aliphatic rings. The number of fused-ring (bicyclic) bond motifs is 4. The highest BCUT2D eigenvalue weighted by molar-refractivity contribution is 6.14. The molecule has 1 aromatic heterocycles. The zero-order valence-electron chi connectivity index (χ0n) is 10.9. The number of nitrogens with zero attached hydrogens (tertiary/aromatic N) is 1. The predicted molar refractivity (Wildman–Crippen MR) is 81.7 cm³/mol. The van der Waals surface area contributed by atoms with Crippen molar-refractivity contribution < 1.29 is 15.3 Å². The number of aromatic nitrogens is 1. The van der Waals surface area contributed by atoms with Gasteiger partial charge in [-0.1, -0.05) is 36.4 Å². The van der Waals surface area contributed by atoms with E-state index in [9.17, 15) is 15.3 Å². The Hall–Kier alpha value is -3.01. The Balaban J connectivity index is 2.33. The van der Waals surface area contributed by atoms with Gasteiger partial charge in [0.05, 0.1) is 0 Å². The highest BCUT2D eigenvalue weighted by atomic mass is 16.3. The van der Waals surface area contributed by atoms with Gasteiger partial charge in [0.25, 0.3) is 0 Å². The first-order valence-corrected chi connectivity index (χ1v) is 6.52. The second kappa shape index (κ2) is 3.99. The Morgan fingerprint density at radius 2 is 1.43 bits per heavy atom. The van der Waals surface area contributed by atoms with Gasteiger partial charge >= 0.3 is 0 Å². The maximum atomic E-state index is 10.2. The van der Waals surface area contributed by atoms with E-state index in [0.29, 0.717) is 10.9 Å². The van der Waals surface area contributed by atoms with Crippen molar-refractivity contribution in [3.63, 3.8) is 0 Å². The van der Waals surface area contributed by atoms with Gasteiger partial charge in [0.2, 0.25) is 0 Å². The third-order valence-electron chi connectivity index (χ3n) is 3.75. The molecule has 0 aliphatic heterocycles. The number of pyridine rings is 1. The van der Waals surface area contributed by atoms with E-state index in [4.69, 9.17) is 0 Å². The molecule has 1 heterocycles. The molecule has 0 bridgehead atoms. The van der Waals surface area contributed by atoms with E-state index >= 15 is 0 Å². The molecule has 3 aromatic carbocycles. The van der Waals surface area contributed by atoms with Crippen molar-refractivity contribution in [1.29, 1.82) is 0 Å². The summed E-state index contributed by atoms with van der Waals surface area (Å²) in [4.78, 5) is 4.33. The van der Waals surface area contributed by atoms with Gasteiger partial charge in [0.1, 0.15) is 16.8 Å². The molecular formula is C17H11NO3. The number of benzene rings is 3. The van der Waals surface area contributed by atoms with Crippen LogP contribution in [0.25, 0.3) is 32.6 Å². The van der Waals surface area contributed by atoms with Gasteiger partial charge in [-0.3, -0.25) is 0 Å². The zero-order valence-corrected chi connectivity index (χ0v) is 10.9. The monoisotopic (exact) mass is 277 g/mol. The lowest BCUT2D eigenvalue weighted by Gasteiger charge is -2.10. The highest BCUT2D eigenvalue weighted by Crippen LogP contribution is 2.42. The number of para-hydroxylation sites is 1. The molecule has 21 heavy (non-hydrogen) atoms. The molecular weight excluding hydrogens is 266 g/mol. The van der Waals surface area contributed by atoms with E-state index < -0.39 is 0 Å². The van der Waals surface area contributed by atoms with E-state index in [1.54, 1.807) is 24.3 Å². The maximum absolute atomic E-state index is 10.2. The molecule has 102 valence electrons. The minimum atomic E-state index is -0.270. The molecule has 0 amide bonds. The Kier molecular flexibility index (Phi) is 2.24. The third-order valence-corrected chi connectivity index (χ3v) is 3.75. The van der Waals surface area contributed by atoms with Gasteiger partial charge in [-0.25, -0.2) is 4.98 Å². The lowest BCUT2D eigenvalue weighted by atomic mass is 10.0. The Labute approximate surface area is 119 Å². The summed E-state index contributed by atoms with van der Waals surface area (Å²) >= 11 is 0. The Morgan fingerprint density at radius 3 is 2.24 bits per heavy atom. The normalized spacial score (nSPS) is 11.4. The van der Waals surface area contributed by atoms with Crippen LogP contribution in [0.2, 0.25) is 0 Å². The van der Waals surface area contributed by atoms with Gasteiger partial charge in [-0.15, -0.1) is 0 Å². The van der Waals surface area contributed by atoms with Gasteiger partial charge < -0.3 is 15.3 Å². The molecule has 0 atom stereocenters. The van der Waals surface area contributed by atoms with Crippen LogP contribution in [-0.2, 0) is 0 Å². The van der Waals surface area contributed by atoms with Crippen molar-refractivity contribution >= 4 is 32.6 Å². The molecule has 4 nitrogen and oxygen atoms in total. The van der Waals surface area contributed by atoms with Crippen LogP contribution in [0.1, 0.15) is 0 Å². The highest BCUT2D eigenvalue weighted by Gasteiger charge is 2.15. The van der Waals surface area contributed by atoms with Crippen LogP contribution < -0.4 is 0 Å². The van der Waals surface area contributed by atoms with Crippen LogP contribution in [0.15, 0.2) is 48.5 Å². The van der Waals surface area contributed by atoms with Crippen molar-refractivity contribution in [2.24, 2.45) is 0 Å². The standard InChI is InChI=1S/C17H11NO3/c19-13-7-3-4-9-8-12-10-5-1-2-6-11(10)16(20)17(21)15(12)18-14(9)13/h1-8,19-21H. The van der Waals surface area contributed by atoms with Gasteiger partial charge in [-0.05, 0) is 17.5 Å². The van der Waals surface area contributed by atoms with Crippen LogP contribution in [0, 0.1) is 0 Å². The molecule has 0 radical (unpaired) electrons. The average molecular weight is 277 g/mol. The summed E-state index contributed by atoms with van der Waals surface area (Å²) in [5, 5.41) is 33.1. The van der Waals surface area contributed by atoms with E-state index in [2.05, 4.69) is 4.98 Å². The quantitative estimate of drug-likeness (QED) is 0.260. The SMILES string of the molecule is Oc1c(O)c2nc3c(O)cccc3cc2c2ccccc12. The molecule has 0 fully saturated rings. The molecule has 0 saturated heterocycles. The van der Waals surface area contributed by atoms with Gasteiger partial charge in [-0.2, -0.15) is 0 Å². The van der Waals surface area contributed by atoms with E-state index in [1.807, 2.05) is 24.3 Å². The van der Waals surface area contributed by atoms with Crippen molar-refractivity contribution in [2.75, 3.05) is 0 Å². The largest absolute Gasteiger partial charge is 0.506 e. The predicted octanol–water partition coefficient (Wildman–Crippen LogP) is 3.66. The van der Waals surface area contributed by atoms with Crippen LogP contribution in [0.5, 0.6) is 17.2 Å². The Bertz CT molecular complexity index is 1020. The first-order chi connectivity index (χ1) is 10.2. The average Bonchev–Trinajstić information content (AvgIpc) is 2.52. The minimum absolute atomic E-state index is 0.0430. The number of hydrogen-bond acceptors (Lipinski definition) is 4. The lowest BCUT2D eigenvalue weighted by Crippen LogP contribution is -1.87. The fourth-order valence-electron chi connectivity index (χ4n) is 2.73. The molecule has 4 aromatic rings. The van der Waals surface area contributed by atoms with Crippen molar-refractivity contribution in [1.82, 2.24) is 4.98 Å². The second-order valence-electron chi connectivity index (χ2n) is 4.98. The summed E-state index contributed by atoms with van der Waals surface area (Å²) in [7, 11) is 0. The topological polar surface area (TPSA) is 73.6 Å². The number of hydrogen-bond donors (Lipinski definition) is 3. The van der Waals surface area contributed by atoms with Crippen molar-refractivity contribution in [3.8, 4) is 17.2 Å². The molecule has 3 N–H and O–H groups in total. The van der Waals surface area contributed by atoms with E-state index in [-0.39, 0.29) is 22.8 Å². The molecule has 0 unspecified atom stereocenters.